The molecular weight excluding hydrogens is 434 g/mol. The summed E-state index contributed by atoms with van der Waals surface area (Å²) < 4.78 is 26.3. The number of nitrogens with zero attached hydrogens (tertiary/aromatic N) is 2. The number of urea groups is 1. The number of hydrogen-bond acceptors (Lipinski definition) is 12. The normalized spacial score (nSPS) is 24.5. The molecule has 0 unspecified atom stereocenters. The number of nitroso groups, excluding NO2 is 1. The predicted molar refractivity (Wildman–Crippen MR) is 103 cm³/mol. The second-order valence-corrected chi connectivity index (χ2v) is 6.77. The van der Waals surface area contributed by atoms with Crippen LogP contribution < -0.4 is 5.32 Å². The molecule has 1 N–H and O–H groups in total. The minimum absolute atomic E-state index is 0.0133. The van der Waals surface area contributed by atoms with Crippen LogP contribution in [-0.4, -0.2) is 78.7 Å². The summed E-state index contributed by atoms with van der Waals surface area (Å²) in [6, 6.07) is -0.984. The zero-order valence-corrected chi connectivity index (χ0v) is 18.4. The summed E-state index contributed by atoms with van der Waals surface area (Å²) in [4.78, 5) is 69.8. The molecule has 0 spiro atoms. The molecule has 1 fully saturated rings. The first-order valence-electron chi connectivity index (χ1n) is 9.71. The summed E-state index contributed by atoms with van der Waals surface area (Å²) in [5.41, 5.74) is 0. The first-order chi connectivity index (χ1) is 15.0. The van der Waals surface area contributed by atoms with Crippen LogP contribution >= 0.6 is 0 Å². The fourth-order valence-electron chi connectivity index (χ4n) is 2.93. The van der Waals surface area contributed by atoms with Crippen LogP contribution in [0.15, 0.2) is 5.29 Å². The van der Waals surface area contributed by atoms with Gasteiger partial charge in [0.1, 0.15) is 12.7 Å². The largest absolute Gasteiger partial charge is 0.463 e. The van der Waals surface area contributed by atoms with Crippen molar-refractivity contribution in [2.75, 3.05) is 13.2 Å². The predicted octanol–water partition coefficient (Wildman–Crippen LogP) is 0.173. The molecule has 0 radical (unpaired) electrons. The van der Waals surface area contributed by atoms with Gasteiger partial charge in [0, 0.05) is 34.2 Å². The van der Waals surface area contributed by atoms with Crippen molar-refractivity contribution in [1.29, 1.82) is 0 Å². The van der Waals surface area contributed by atoms with Crippen LogP contribution in [0.5, 0.6) is 0 Å². The van der Waals surface area contributed by atoms with E-state index in [4.69, 9.17) is 23.7 Å². The monoisotopic (exact) mass is 461 g/mol. The molecular formula is C18H27N3O11. The van der Waals surface area contributed by atoms with Crippen LogP contribution in [0.4, 0.5) is 4.79 Å². The van der Waals surface area contributed by atoms with E-state index in [1.54, 1.807) is 6.92 Å². The third-order valence-electron chi connectivity index (χ3n) is 4.02. The van der Waals surface area contributed by atoms with E-state index in [0.717, 1.165) is 27.7 Å². The first-order valence-corrected chi connectivity index (χ1v) is 9.71. The summed E-state index contributed by atoms with van der Waals surface area (Å²) in [6.07, 6.45) is -6.57. The minimum atomic E-state index is -1.48. The van der Waals surface area contributed by atoms with Gasteiger partial charge in [-0.1, -0.05) is 6.92 Å². The van der Waals surface area contributed by atoms with Gasteiger partial charge in [-0.15, -0.1) is 4.91 Å². The Balaban J connectivity index is 3.36. The van der Waals surface area contributed by atoms with E-state index < -0.39 is 67.2 Å². The summed E-state index contributed by atoms with van der Waals surface area (Å²) >= 11 is 0. The number of nitrogens with one attached hydrogen (secondary N) is 1. The van der Waals surface area contributed by atoms with E-state index in [0.29, 0.717) is 11.4 Å². The molecule has 2 amide bonds. The maximum atomic E-state index is 12.4. The Kier molecular flexibility index (Phi) is 10.5. The third-order valence-corrected chi connectivity index (χ3v) is 4.02. The van der Waals surface area contributed by atoms with Crippen LogP contribution in [0, 0.1) is 4.91 Å². The lowest BCUT2D eigenvalue weighted by atomic mass is 9.97. The third kappa shape index (κ3) is 8.09. The van der Waals surface area contributed by atoms with Gasteiger partial charge >= 0.3 is 29.9 Å². The Labute approximate surface area is 183 Å². The number of rotatable bonds is 9. The summed E-state index contributed by atoms with van der Waals surface area (Å²) in [7, 11) is 0. The van der Waals surface area contributed by atoms with Gasteiger partial charge in [-0.25, -0.2) is 4.79 Å². The molecule has 1 aliphatic rings. The van der Waals surface area contributed by atoms with E-state index >= 15 is 0 Å². The van der Waals surface area contributed by atoms with Gasteiger partial charge in [-0.05, 0) is 6.42 Å². The molecule has 32 heavy (non-hydrogen) atoms. The standard InChI is InChI=1S/C18H27N3O11/c1-6-7-21(20-27)18(26)19-17-16(31-12(5)25)15(30-11(4)24)14(29-10(3)23)13(32-17)8-28-9(2)22/h13-17H,6-8H2,1-5H3,(H,19,26)/t13-,14-,15+,16-,17-/m1/s1. The summed E-state index contributed by atoms with van der Waals surface area (Å²) in [5.74, 6) is -3.10. The number of ether oxygens (including phenoxy) is 5. The van der Waals surface area contributed by atoms with E-state index in [1.165, 1.54) is 0 Å². The Morgan fingerprint density at radius 3 is 1.88 bits per heavy atom. The van der Waals surface area contributed by atoms with Gasteiger partial charge < -0.3 is 29.0 Å². The Bertz CT molecular complexity index is 729. The molecule has 1 aliphatic heterocycles. The van der Waals surface area contributed by atoms with Crippen LogP contribution in [-0.2, 0) is 42.9 Å². The van der Waals surface area contributed by atoms with Gasteiger partial charge in [-0.3, -0.25) is 19.2 Å². The molecule has 1 rings (SSSR count). The van der Waals surface area contributed by atoms with Crippen molar-refractivity contribution in [1.82, 2.24) is 10.3 Å². The summed E-state index contributed by atoms with van der Waals surface area (Å²) in [5, 5.41) is 5.52. The van der Waals surface area contributed by atoms with Gasteiger partial charge in [0.2, 0.25) is 0 Å². The lowest BCUT2D eigenvalue weighted by molar-refractivity contribution is -0.255. The topological polar surface area (TPSA) is 176 Å². The number of carbonyl (C=O) groups excluding carboxylic acids is 5. The SMILES string of the molecule is CCCN(N=O)C(=O)N[C@@H]1O[C@H](COC(C)=O)[C@@H](OC(C)=O)[C@H](OC(C)=O)[C@H]1OC(C)=O. The van der Waals surface area contributed by atoms with Crippen LogP contribution in [0.2, 0.25) is 0 Å². The number of hydrogen-bond donors (Lipinski definition) is 1. The van der Waals surface area contributed by atoms with Crippen molar-refractivity contribution >= 4 is 29.9 Å². The smallest absolute Gasteiger partial charge is 0.342 e. The van der Waals surface area contributed by atoms with Crippen molar-refractivity contribution in [2.45, 2.75) is 71.7 Å². The number of carbonyl (C=O) groups is 5. The fourth-order valence-corrected chi connectivity index (χ4v) is 2.93. The molecule has 0 bridgehead atoms. The lowest BCUT2D eigenvalue weighted by Crippen LogP contribution is -2.66. The molecule has 0 saturated carbocycles. The molecule has 14 nitrogen and oxygen atoms in total. The molecule has 0 aromatic rings. The molecule has 14 heteroatoms. The molecule has 180 valence electrons. The van der Waals surface area contributed by atoms with Crippen LogP contribution in [0.25, 0.3) is 0 Å². The zero-order chi connectivity index (χ0) is 24.4. The molecule has 0 aliphatic carbocycles. The van der Waals surface area contributed by atoms with Gasteiger partial charge in [-0.2, -0.15) is 5.01 Å². The second kappa shape index (κ2) is 12.5. The van der Waals surface area contributed by atoms with Crippen molar-refractivity contribution in [2.24, 2.45) is 5.29 Å². The van der Waals surface area contributed by atoms with E-state index in [-0.39, 0.29) is 6.54 Å². The second-order valence-electron chi connectivity index (χ2n) is 6.77. The zero-order valence-electron chi connectivity index (χ0n) is 18.4. The Hall–Kier alpha value is -3.29. The molecule has 1 heterocycles. The van der Waals surface area contributed by atoms with Crippen molar-refractivity contribution in [3.63, 3.8) is 0 Å². The van der Waals surface area contributed by atoms with Crippen molar-refractivity contribution in [3.05, 3.63) is 4.91 Å². The quantitative estimate of drug-likeness (QED) is 0.214. The Morgan fingerprint density at radius 2 is 1.41 bits per heavy atom. The highest BCUT2D eigenvalue weighted by Gasteiger charge is 2.52. The van der Waals surface area contributed by atoms with Crippen LogP contribution in [0.3, 0.4) is 0 Å². The first kappa shape index (κ1) is 26.7. The average Bonchev–Trinajstić information content (AvgIpc) is 2.67. The average molecular weight is 461 g/mol. The summed E-state index contributed by atoms with van der Waals surface area (Å²) in [6.45, 7) is 5.59. The number of amides is 2. The van der Waals surface area contributed by atoms with E-state index in [9.17, 15) is 28.9 Å². The highest BCUT2D eigenvalue weighted by atomic mass is 16.7. The van der Waals surface area contributed by atoms with Gasteiger partial charge in [0.15, 0.2) is 24.5 Å². The maximum absolute atomic E-state index is 12.4. The molecule has 0 aromatic carbocycles. The highest BCUT2D eigenvalue weighted by molar-refractivity contribution is 5.74. The van der Waals surface area contributed by atoms with Crippen molar-refractivity contribution in [3.8, 4) is 0 Å². The fraction of sp³-hybridized carbons (Fsp3) is 0.722. The van der Waals surface area contributed by atoms with Crippen LogP contribution in [0.1, 0.15) is 41.0 Å². The molecule has 5 atom stereocenters. The van der Waals surface area contributed by atoms with E-state index in [2.05, 4.69) is 10.6 Å². The van der Waals surface area contributed by atoms with Gasteiger partial charge in [0.05, 0.1) is 5.29 Å². The maximum Gasteiger partial charge on any atom is 0.342 e. The molecule has 1 saturated heterocycles. The van der Waals surface area contributed by atoms with E-state index in [1.807, 2.05) is 0 Å². The van der Waals surface area contributed by atoms with Gasteiger partial charge in [0.25, 0.3) is 0 Å². The molecule has 0 aromatic heterocycles. The highest BCUT2D eigenvalue weighted by Crippen LogP contribution is 2.28. The lowest BCUT2D eigenvalue weighted by Gasteiger charge is -2.44. The van der Waals surface area contributed by atoms with Crippen molar-refractivity contribution < 1.29 is 47.7 Å². The minimum Gasteiger partial charge on any atom is -0.463 e. The number of esters is 4. The Morgan fingerprint density at radius 1 is 0.875 bits per heavy atom.